The van der Waals surface area contributed by atoms with Gasteiger partial charge in [-0.2, -0.15) is 0 Å². The van der Waals surface area contributed by atoms with E-state index in [9.17, 15) is 0 Å². The van der Waals surface area contributed by atoms with Gasteiger partial charge in [0.05, 0.1) is 5.69 Å². The first-order valence-corrected chi connectivity index (χ1v) is 6.93. The van der Waals surface area contributed by atoms with Crippen LogP contribution >= 0.6 is 0 Å². The van der Waals surface area contributed by atoms with Crippen LogP contribution in [0, 0.1) is 11.8 Å². The van der Waals surface area contributed by atoms with Gasteiger partial charge in [-0.1, -0.05) is 13.0 Å². The number of hydrogen-bond acceptors (Lipinski definition) is 3. The smallest absolute Gasteiger partial charge is 0.137 e. The molecule has 0 saturated heterocycles. The minimum absolute atomic E-state index is 0.618. The zero-order valence-electron chi connectivity index (χ0n) is 11.2. The minimum atomic E-state index is 0.618. The van der Waals surface area contributed by atoms with Crippen molar-refractivity contribution < 1.29 is 0 Å². The molecule has 3 atom stereocenters. The van der Waals surface area contributed by atoms with Crippen molar-refractivity contribution >= 4 is 0 Å². The summed E-state index contributed by atoms with van der Waals surface area (Å²) in [5.74, 6) is 2.94. The molecule has 100 valence electrons. The fraction of sp³-hybridized carbons (Fsp3) is 0.467. The van der Waals surface area contributed by atoms with Crippen molar-refractivity contribution in [2.45, 2.75) is 25.7 Å². The summed E-state index contributed by atoms with van der Waals surface area (Å²) in [5.41, 5.74) is 6.88. The molecule has 2 aromatic rings. The van der Waals surface area contributed by atoms with Crippen molar-refractivity contribution in [3.8, 4) is 5.82 Å². The third-order valence-electron chi connectivity index (χ3n) is 3.93. The van der Waals surface area contributed by atoms with Gasteiger partial charge in [0, 0.05) is 18.3 Å². The van der Waals surface area contributed by atoms with Crippen LogP contribution in [0.25, 0.3) is 5.82 Å². The van der Waals surface area contributed by atoms with Gasteiger partial charge in [-0.3, -0.25) is 4.57 Å². The van der Waals surface area contributed by atoms with E-state index in [1.807, 2.05) is 29.1 Å². The van der Waals surface area contributed by atoms with Crippen molar-refractivity contribution in [2.24, 2.45) is 17.6 Å². The molecule has 2 aromatic heterocycles. The third kappa shape index (κ3) is 2.68. The molecule has 0 spiro atoms. The molecule has 0 amide bonds. The zero-order chi connectivity index (χ0) is 13.2. The molecule has 1 fully saturated rings. The molecule has 2 heterocycles. The van der Waals surface area contributed by atoms with Crippen molar-refractivity contribution in [1.82, 2.24) is 14.5 Å². The van der Waals surface area contributed by atoms with Crippen LogP contribution in [-0.2, 0) is 0 Å². The minimum Gasteiger partial charge on any atom is -0.330 e. The van der Waals surface area contributed by atoms with E-state index in [0.717, 1.165) is 18.3 Å². The Bertz CT molecular complexity index is 534. The lowest BCUT2D eigenvalue weighted by atomic mass is 10.0. The number of rotatable bonds is 5. The van der Waals surface area contributed by atoms with Crippen molar-refractivity contribution in [3.05, 3.63) is 42.6 Å². The topological polar surface area (TPSA) is 56.7 Å². The Morgan fingerprint density at radius 2 is 2.32 bits per heavy atom. The summed E-state index contributed by atoms with van der Waals surface area (Å²) in [5, 5.41) is 0. The van der Waals surface area contributed by atoms with Crippen LogP contribution < -0.4 is 5.73 Å². The van der Waals surface area contributed by atoms with E-state index in [-0.39, 0.29) is 0 Å². The van der Waals surface area contributed by atoms with Gasteiger partial charge in [0.2, 0.25) is 0 Å². The Balaban J connectivity index is 1.67. The molecular weight excluding hydrogens is 236 g/mol. The van der Waals surface area contributed by atoms with Crippen molar-refractivity contribution in [1.29, 1.82) is 0 Å². The van der Waals surface area contributed by atoms with Crippen LogP contribution in [0.1, 0.15) is 31.4 Å². The summed E-state index contributed by atoms with van der Waals surface area (Å²) in [7, 11) is 0. The second-order valence-corrected chi connectivity index (χ2v) is 5.57. The van der Waals surface area contributed by atoms with E-state index in [2.05, 4.69) is 23.1 Å². The molecule has 3 rings (SSSR count). The summed E-state index contributed by atoms with van der Waals surface area (Å²) in [4.78, 5) is 8.86. The van der Waals surface area contributed by atoms with Crippen LogP contribution in [0.2, 0.25) is 0 Å². The quantitative estimate of drug-likeness (QED) is 0.893. The first-order valence-electron chi connectivity index (χ1n) is 6.93. The highest BCUT2D eigenvalue weighted by molar-refractivity contribution is 5.25. The van der Waals surface area contributed by atoms with E-state index in [0.29, 0.717) is 11.8 Å². The molecule has 0 radical (unpaired) electrons. The van der Waals surface area contributed by atoms with E-state index < -0.39 is 0 Å². The van der Waals surface area contributed by atoms with Gasteiger partial charge < -0.3 is 5.73 Å². The maximum absolute atomic E-state index is 5.68. The van der Waals surface area contributed by atoms with Crippen LogP contribution in [0.3, 0.4) is 0 Å². The Morgan fingerprint density at radius 3 is 3.05 bits per heavy atom. The Morgan fingerprint density at radius 1 is 1.42 bits per heavy atom. The van der Waals surface area contributed by atoms with Crippen LogP contribution in [0.4, 0.5) is 0 Å². The summed E-state index contributed by atoms with van der Waals surface area (Å²) < 4.78 is 2.00. The summed E-state index contributed by atoms with van der Waals surface area (Å²) in [6.45, 7) is 3.01. The summed E-state index contributed by atoms with van der Waals surface area (Å²) >= 11 is 0. The average molecular weight is 256 g/mol. The van der Waals surface area contributed by atoms with Gasteiger partial charge in [0.15, 0.2) is 0 Å². The van der Waals surface area contributed by atoms with E-state index in [1.165, 1.54) is 18.5 Å². The van der Waals surface area contributed by atoms with E-state index in [4.69, 9.17) is 5.73 Å². The first kappa shape index (κ1) is 12.4. The second-order valence-electron chi connectivity index (χ2n) is 5.57. The number of pyridine rings is 1. The molecule has 1 saturated carbocycles. The highest BCUT2D eigenvalue weighted by Crippen LogP contribution is 2.50. The fourth-order valence-electron chi connectivity index (χ4n) is 2.64. The fourth-order valence-corrected chi connectivity index (χ4v) is 2.64. The van der Waals surface area contributed by atoms with Crippen LogP contribution in [0.5, 0.6) is 0 Å². The maximum Gasteiger partial charge on any atom is 0.137 e. The monoisotopic (exact) mass is 256 g/mol. The lowest BCUT2D eigenvalue weighted by Gasteiger charge is -2.06. The zero-order valence-corrected chi connectivity index (χ0v) is 11.2. The van der Waals surface area contributed by atoms with E-state index in [1.54, 1.807) is 6.20 Å². The molecule has 19 heavy (non-hydrogen) atoms. The SMILES string of the molecule is CC(CN)CC1CC1c1cn(-c2ccccn2)cn1. The predicted molar refractivity (Wildman–Crippen MR) is 75.0 cm³/mol. The molecule has 4 nitrogen and oxygen atoms in total. The van der Waals surface area contributed by atoms with Gasteiger partial charge >= 0.3 is 0 Å². The molecular formula is C15H20N4. The Kier molecular flexibility index (Phi) is 3.34. The highest BCUT2D eigenvalue weighted by Gasteiger charge is 2.40. The Hall–Kier alpha value is -1.68. The van der Waals surface area contributed by atoms with Crippen molar-refractivity contribution in [2.75, 3.05) is 6.54 Å². The summed E-state index contributed by atoms with van der Waals surface area (Å²) in [6, 6.07) is 5.91. The Labute approximate surface area is 113 Å². The summed E-state index contributed by atoms with van der Waals surface area (Å²) in [6.07, 6.45) is 8.25. The molecule has 2 N–H and O–H groups in total. The highest BCUT2D eigenvalue weighted by atomic mass is 15.1. The van der Waals surface area contributed by atoms with Gasteiger partial charge in [-0.15, -0.1) is 0 Å². The largest absolute Gasteiger partial charge is 0.330 e. The average Bonchev–Trinajstić information content (AvgIpc) is 3.03. The van der Waals surface area contributed by atoms with Crippen LogP contribution in [-0.4, -0.2) is 21.1 Å². The normalized spacial score (nSPS) is 23.3. The van der Waals surface area contributed by atoms with Gasteiger partial charge in [-0.05, 0) is 43.4 Å². The molecule has 4 heteroatoms. The maximum atomic E-state index is 5.68. The third-order valence-corrected chi connectivity index (χ3v) is 3.93. The van der Waals surface area contributed by atoms with Gasteiger partial charge in [0.1, 0.15) is 12.1 Å². The molecule has 0 aromatic carbocycles. The van der Waals surface area contributed by atoms with Crippen LogP contribution in [0.15, 0.2) is 36.9 Å². The lowest BCUT2D eigenvalue weighted by molar-refractivity contribution is 0.499. The standard InChI is InChI=1S/C15H20N4/c1-11(8-16)6-12-7-13(12)14-9-19(10-18-14)15-4-2-3-5-17-15/h2-5,9-13H,6-8,16H2,1H3. The molecule has 0 bridgehead atoms. The molecule has 1 aliphatic carbocycles. The second kappa shape index (κ2) is 5.13. The molecule has 0 aliphatic heterocycles. The number of aromatic nitrogens is 3. The molecule has 3 unspecified atom stereocenters. The number of hydrogen-bond donors (Lipinski definition) is 1. The lowest BCUT2D eigenvalue weighted by Crippen LogP contribution is -2.11. The molecule has 1 aliphatic rings. The van der Waals surface area contributed by atoms with Crippen molar-refractivity contribution in [3.63, 3.8) is 0 Å². The van der Waals surface area contributed by atoms with Gasteiger partial charge in [-0.25, -0.2) is 9.97 Å². The van der Waals surface area contributed by atoms with Gasteiger partial charge in [0.25, 0.3) is 0 Å². The first-order chi connectivity index (χ1) is 9.28. The van der Waals surface area contributed by atoms with E-state index >= 15 is 0 Å². The number of nitrogens with two attached hydrogens (primary N) is 1. The number of nitrogens with zero attached hydrogens (tertiary/aromatic N) is 3. The number of imidazole rings is 1. The predicted octanol–water partition coefficient (Wildman–Crippen LogP) is 2.36.